The van der Waals surface area contributed by atoms with E-state index in [9.17, 15) is 13.2 Å². The summed E-state index contributed by atoms with van der Waals surface area (Å²) in [7, 11) is 0.457. The fraction of sp³-hybridized carbons (Fsp3) is 0.391. The number of hydrogen-bond donors (Lipinski definition) is 0. The first-order valence-corrected chi connectivity index (χ1v) is 13.5. The van der Waals surface area contributed by atoms with Gasteiger partial charge in [0.2, 0.25) is 10.0 Å². The highest BCUT2D eigenvalue weighted by molar-refractivity contribution is 7.89. The summed E-state index contributed by atoms with van der Waals surface area (Å²) >= 11 is 7.72. The molecular formula is C23H28Cl2N4O3S2. The number of fused-ring (bicyclic) bond motifs is 1. The summed E-state index contributed by atoms with van der Waals surface area (Å²) in [6.45, 7) is 2.40. The normalized spacial score (nSPS) is 14.5. The third-order valence-corrected chi connectivity index (χ3v) is 8.89. The predicted octanol–water partition coefficient (Wildman–Crippen LogP) is 4.75. The van der Waals surface area contributed by atoms with Crippen LogP contribution in [0.25, 0.3) is 10.2 Å². The first-order valence-electron chi connectivity index (χ1n) is 10.9. The number of benzene rings is 2. The Morgan fingerprint density at radius 3 is 2.38 bits per heavy atom. The monoisotopic (exact) mass is 542 g/mol. The maximum atomic E-state index is 13.5. The summed E-state index contributed by atoms with van der Waals surface area (Å²) in [6, 6.07) is 11.8. The molecule has 11 heteroatoms. The summed E-state index contributed by atoms with van der Waals surface area (Å²) < 4.78 is 28.0. The van der Waals surface area contributed by atoms with E-state index in [-0.39, 0.29) is 23.2 Å². The number of sulfonamides is 1. The van der Waals surface area contributed by atoms with Crippen LogP contribution in [0.1, 0.15) is 29.6 Å². The van der Waals surface area contributed by atoms with E-state index in [1.807, 2.05) is 26.2 Å². The summed E-state index contributed by atoms with van der Waals surface area (Å²) in [4.78, 5) is 22.1. The Hall–Kier alpha value is -1.75. The van der Waals surface area contributed by atoms with Crippen molar-refractivity contribution >= 4 is 66.6 Å². The van der Waals surface area contributed by atoms with Gasteiger partial charge in [0.1, 0.15) is 5.52 Å². The van der Waals surface area contributed by atoms with Crippen LogP contribution in [0.3, 0.4) is 0 Å². The van der Waals surface area contributed by atoms with Crippen LogP contribution in [-0.4, -0.2) is 68.8 Å². The summed E-state index contributed by atoms with van der Waals surface area (Å²) in [5.41, 5.74) is 1.10. The number of rotatable bonds is 8. The molecular weight excluding hydrogens is 515 g/mol. The molecule has 1 fully saturated rings. The second-order valence-electron chi connectivity index (χ2n) is 8.33. The van der Waals surface area contributed by atoms with Crippen molar-refractivity contribution in [3.05, 3.63) is 53.1 Å². The van der Waals surface area contributed by atoms with Crippen LogP contribution < -0.4 is 4.90 Å². The quantitative estimate of drug-likeness (QED) is 0.410. The van der Waals surface area contributed by atoms with E-state index in [0.717, 1.165) is 30.5 Å². The SMILES string of the molecule is CN(C)CCCN(C(=O)c1ccc(S(=O)(=O)N2CCCC2)cc1)c1nc2c(Cl)cccc2s1.Cl. The average molecular weight is 544 g/mol. The molecule has 0 bridgehead atoms. The van der Waals surface area contributed by atoms with Gasteiger partial charge in [-0.3, -0.25) is 9.69 Å². The number of amides is 1. The van der Waals surface area contributed by atoms with E-state index in [1.165, 1.54) is 27.8 Å². The first kappa shape index (κ1) is 26.8. The number of carbonyl (C=O) groups excluding carboxylic acids is 1. The number of thiazole rings is 1. The number of anilines is 1. The maximum Gasteiger partial charge on any atom is 0.260 e. The van der Waals surface area contributed by atoms with Gasteiger partial charge in [-0.05, 0) is 76.3 Å². The van der Waals surface area contributed by atoms with E-state index < -0.39 is 10.0 Å². The Morgan fingerprint density at radius 2 is 1.76 bits per heavy atom. The largest absolute Gasteiger partial charge is 0.309 e. The van der Waals surface area contributed by atoms with Crippen LogP contribution in [0.15, 0.2) is 47.4 Å². The molecule has 1 amide bonds. The van der Waals surface area contributed by atoms with Crippen molar-refractivity contribution in [3.63, 3.8) is 0 Å². The van der Waals surface area contributed by atoms with Crippen LogP contribution >= 0.6 is 35.3 Å². The molecule has 2 heterocycles. The number of hydrogen-bond acceptors (Lipinski definition) is 6. The zero-order valence-corrected chi connectivity index (χ0v) is 22.3. The van der Waals surface area contributed by atoms with Gasteiger partial charge in [0.05, 0.1) is 14.6 Å². The lowest BCUT2D eigenvalue weighted by molar-refractivity contribution is 0.0986. The summed E-state index contributed by atoms with van der Waals surface area (Å²) in [5, 5.41) is 1.13. The van der Waals surface area contributed by atoms with Crippen LogP contribution in [-0.2, 0) is 10.0 Å². The standard InChI is InChI=1S/C23H27ClN4O3S2.ClH/c1-26(2)13-6-16-28(23-25-21-19(24)7-5-8-20(21)32-23)22(29)17-9-11-18(12-10-17)33(30,31)27-14-3-4-15-27;/h5,7-12H,3-4,6,13-16H2,1-2H3;1H. The molecule has 2 aromatic carbocycles. The number of nitrogens with zero attached hydrogens (tertiary/aromatic N) is 4. The van der Waals surface area contributed by atoms with Crippen molar-refractivity contribution in [1.29, 1.82) is 0 Å². The zero-order chi connectivity index (χ0) is 23.6. The second-order valence-corrected chi connectivity index (χ2v) is 11.7. The van der Waals surface area contributed by atoms with Crippen molar-refractivity contribution < 1.29 is 13.2 Å². The van der Waals surface area contributed by atoms with E-state index in [0.29, 0.717) is 40.9 Å². The summed E-state index contributed by atoms with van der Waals surface area (Å²) in [6.07, 6.45) is 2.53. The molecule has 1 aliphatic heterocycles. The Balaban J connectivity index is 0.00000324. The van der Waals surface area contributed by atoms with Gasteiger partial charge in [-0.1, -0.05) is 29.0 Å². The topological polar surface area (TPSA) is 73.8 Å². The van der Waals surface area contributed by atoms with Gasteiger partial charge in [0.15, 0.2) is 5.13 Å². The molecule has 0 radical (unpaired) electrons. The smallest absolute Gasteiger partial charge is 0.260 e. The van der Waals surface area contributed by atoms with Gasteiger partial charge in [-0.25, -0.2) is 13.4 Å². The van der Waals surface area contributed by atoms with E-state index in [4.69, 9.17) is 11.6 Å². The lowest BCUT2D eigenvalue weighted by Gasteiger charge is -2.21. The molecule has 0 N–H and O–H groups in total. The van der Waals surface area contributed by atoms with Crippen molar-refractivity contribution in [2.24, 2.45) is 0 Å². The van der Waals surface area contributed by atoms with Crippen molar-refractivity contribution in [2.45, 2.75) is 24.2 Å². The maximum absolute atomic E-state index is 13.5. The minimum atomic E-state index is -3.52. The van der Waals surface area contributed by atoms with Gasteiger partial charge in [0, 0.05) is 25.2 Å². The Morgan fingerprint density at radius 1 is 1.09 bits per heavy atom. The fourth-order valence-electron chi connectivity index (χ4n) is 3.85. The first-order chi connectivity index (χ1) is 15.8. The molecule has 1 aliphatic rings. The highest BCUT2D eigenvalue weighted by Gasteiger charge is 2.28. The van der Waals surface area contributed by atoms with Gasteiger partial charge in [-0.2, -0.15) is 4.31 Å². The molecule has 1 aromatic heterocycles. The zero-order valence-electron chi connectivity index (χ0n) is 19.1. The van der Waals surface area contributed by atoms with Crippen molar-refractivity contribution in [1.82, 2.24) is 14.2 Å². The van der Waals surface area contributed by atoms with Crippen LogP contribution in [0.5, 0.6) is 0 Å². The van der Waals surface area contributed by atoms with Crippen LogP contribution in [0.4, 0.5) is 5.13 Å². The van der Waals surface area contributed by atoms with Crippen molar-refractivity contribution in [2.75, 3.05) is 45.2 Å². The minimum absolute atomic E-state index is 0. The molecule has 4 rings (SSSR count). The van der Waals surface area contributed by atoms with E-state index >= 15 is 0 Å². The van der Waals surface area contributed by atoms with E-state index in [1.54, 1.807) is 23.1 Å². The van der Waals surface area contributed by atoms with Gasteiger partial charge in [0.25, 0.3) is 5.91 Å². The number of carbonyl (C=O) groups is 1. The van der Waals surface area contributed by atoms with Gasteiger partial charge < -0.3 is 4.90 Å². The summed E-state index contributed by atoms with van der Waals surface area (Å²) in [5.74, 6) is -0.214. The minimum Gasteiger partial charge on any atom is -0.309 e. The van der Waals surface area contributed by atoms with Crippen LogP contribution in [0, 0.1) is 0 Å². The molecule has 184 valence electrons. The lowest BCUT2D eigenvalue weighted by Crippen LogP contribution is -2.33. The molecule has 7 nitrogen and oxygen atoms in total. The Kier molecular flexibility index (Phi) is 8.94. The molecule has 34 heavy (non-hydrogen) atoms. The Bertz CT molecular complexity index is 1240. The number of para-hydroxylation sites is 1. The van der Waals surface area contributed by atoms with E-state index in [2.05, 4.69) is 9.88 Å². The molecule has 0 atom stereocenters. The predicted molar refractivity (Wildman–Crippen MR) is 141 cm³/mol. The second kappa shape index (κ2) is 11.3. The lowest BCUT2D eigenvalue weighted by atomic mass is 10.2. The highest BCUT2D eigenvalue weighted by Crippen LogP contribution is 2.33. The van der Waals surface area contributed by atoms with Gasteiger partial charge >= 0.3 is 0 Å². The molecule has 0 spiro atoms. The van der Waals surface area contributed by atoms with Gasteiger partial charge in [-0.15, -0.1) is 12.4 Å². The van der Waals surface area contributed by atoms with Crippen LogP contribution in [0.2, 0.25) is 5.02 Å². The molecule has 0 saturated carbocycles. The molecule has 1 saturated heterocycles. The average Bonchev–Trinajstić information content (AvgIpc) is 3.47. The third kappa shape index (κ3) is 5.72. The number of halogens is 2. The fourth-order valence-corrected chi connectivity index (χ4v) is 6.66. The molecule has 3 aromatic rings. The molecule has 0 aliphatic carbocycles. The van der Waals surface area contributed by atoms with Crippen molar-refractivity contribution in [3.8, 4) is 0 Å². The highest BCUT2D eigenvalue weighted by atomic mass is 35.5. The Labute approximate surface area is 215 Å². The molecule has 0 unspecified atom stereocenters. The number of aromatic nitrogens is 1. The third-order valence-electron chi connectivity index (χ3n) is 5.63.